The fraction of sp³-hybridized carbons (Fsp3) is 0.286. The van der Waals surface area contributed by atoms with Crippen LogP contribution in [0.4, 0.5) is 0 Å². The number of rotatable bonds is 1. The second-order valence-corrected chi connectivity index (χ2v) is 4.92. The lowest BCUT2D eigenvalue weighted by atomic mass is 10.1. The fourth-order valence-electron chi connectivity index (χ4n) is 2.85. The summed E-state index contributed by atoms with van der Waals surface area (Å²) in [5.74, 6) is 1.02. The van der Waals surface area contributed by atoms with E-state index in [1.165, 1.54) is 5.69 Å². The summed E-state index contributed by atoms with van der Waals surface area (Å²) in [6, 6.07) is 8.29. The van der Waals surface area contributed by atoms with Gasteiger partial charge in [0.15, 0.2) is 0 Å². The molecule has 19 heavy (non-hydrogen) atoms. The number of benzene rings is 1. The number of aryl methyl sites for hydroxylation is 1. The standard InChI is InChI=1S/C14H15N5/c1-19-11-5-3-2-4-9(11)18-14(19)13-12-10(6-7-15-13)16-8-17-12/h2-5,8,13,15H,6-7H2,1H3,(H,16,17)/t13-/m1/s1. The predicted molar refractivity (Wildman–Crippen MR) is 72.9 cm³/mol. The molecule has 1 atom stereocenters. The van der Waals surface area contributed by atoms with E-state index >= 15 is 0 Å². The van der Waals surface area contributed by atoms with Gasteiger partial charge in [0.25, 0.3) is 0 Å². The molecule has 0 radical (unpaired) electrons. The third kappa shape index (κ3) is 1.51. The average Bonchev–Trinajstić information content (AvgIpc) is 3.04. The zero-order valence-electron chi connectivity index (χ0n) is 10.7. The Bertz CT molecular complexity index is 739. The topological polar surface area (TPSA) is 58.5 Å². The number of fused-ring (bicyclic) bond motifs is 2. The van der Waals surface area contributed by atoms with Gasteiger partial charge in [0, 0.05) is 25.7 Å². The maximum absolute atomic E-state index is 4.76. The lowest BCUT2D eigenvalue weighted by molar-refractivity contribution is 0.520. The fourth-order valence-corrected chi connectivity index (χ4v) is 2.85. The maximum atomic E-state index is 4.76. The van der Waals surface area contributed by atoms with Crippen LogP contribution < -0.4 is 5.32 Å². The molecule has 96 valence electrons. The van der Waals surface area contributed by atoms with Crippen molar-refractivity contribution in [3.8, 4) is 0 Å². The first-order chi connectivity index (χ1) is 9.34. The van der Waals surface area contributed by atoms with Gasteiger partial charge in [0.2, 0.25) is 0 Å². The third-order valence-corrected chi connectivity index (χ3v) is 3.83. The number of hydrogen-bond donors (Lipinski definition) is 2. The minimum atomic E-state index is 0.0763. The predicted octanol–water partition coefficient (Wildman–Crippen LogP) is 1.53. The molecule has 5 nitrogen and oxygen atoms in total. The minimum absolute atomic E-state index is 0.0763. The Balaban J connectivity index is 1.90. The SMILES string of the molecule is Cn1c([C@@H]2NCCc3[nH]cnc32)nc2ccccc21. The lowest BCUT2D eigenvalue weighted by Gasteiger charge is -2.22. The van der Waals surface area contributed by atoms with Crippen LogP contribution in [0.3, 0.4) is 0 Å². The highest BCUT2D eigenvalue weighted by atomic mass is 15.1. The van der Waals surface area contributed by atoms with Crippen LogP contribution in [0.25, 0.3) is 11.0 Å². The van der Waals surface area contributed by atoms with Crippen molar-refractivity contribution in [1.29, 1.82) is 0 Å². The summed E-state index contributed by atoms with van der Waals surface area (Å²) in [7, 11) is 2.06. The second-order valence-electron chi connectivity index (χ2n) is 4.92. The lowest BCUT2D eigenvalue weighted by Crippen LogP contribution is -2.32. The average molecular weight is 253 g/mol. The van der Waals surface area contributed by atoms with Gasteiger partial charge in [-0.05, 0) is 12.1 Å². The van der Waals surface area contributed by atoms with Crippen LogP contribution in [0.5, 0.6) is 0 Å². The van der Waals surface area contributed by atoms with Crippen molar-refractivity contribution in [3.63, 3.8) is 0 Å². The van der Waals surface area contributed by atoms with E-state index in [2.05, 4.69) is 33.0 Å². The molecule has 2 aromatic heterocycles. The number of para-hydroxylation sites is 2. The highest BCUT2D eigenvalue weighted by Crippen LogP contribution is 2.27. The molecule has 0 spiro atoms. The molecule has 1 aliphatic rings. The van der Waals surface area contributed by atoms with Crippen LogP contribution in [-0.2, 0) is 13.5 Å². The van der Waals surface area contributed by atoms with Gasteiger partial charge >= 0.3 is 0 Å². The third-order valence-electron chi connectivity index (χ3n) is 3.83. The molecule has 0 bridgehead atoms. The van der Waals surface area contributed by atoms with Crippen molar-refractivity contribution in [1.82, 2.24) is 24.8 Å². The molecule has 0 unspecified atom stereocenters. The van der Waals surface area contributed by atoms with Crippen LogP contribution in [-0.4, -0.2) is 26.1 Å². The molecule has 3 heterocycles. The number of aromatic nitrogens is 4. The molecule has 3 aromatic rings. The highest BCUT2D eigenvalue weighted by Gasteiger charge is 2.27. The van der Waals surface area contributed by atoms with Crippen LogP contribution >= 0.6 is 0 Å². The summed E-state index contributed by atoms with van der Waals surface area (Å²) in [5, 5.41) is 3.51. The monoisotopic (exact) mass is 253 g/mol. The second kappa shape index (κ2) is 3.93. The van der Waals surface area contributed by atoms with Gasteiger partial charge in [0.05, 0.1) is 23.1 Å². The van der Waals surface area contributed by atoms with E-state index in [1.54, 1.807) is 6.33 Å². The Morgan fingerprint density at radius 2 is 2.21 bits per heavy atom. The van der Waals surface area contributed by atoms with Gasteiger partial charge in [-0.25, -0.2) is 9.97 Å². The zero-order chi connectivity index (χ0) is 12.8. The molecule has 0 saturated heterocycles. The number of H-pyrrole nitrogens is 1. The molecule has 2 N–H and O–H groups in total. The summed E-state index contributed by atoms with van der Waals surface area (Å²) in [5.41, 5.74) is 4.48. The number of nitrogens with one attached hydrogen (secondary N) is 2. The summed E-state index contributed by atoms with van der Waals surface area (Å²) in [4.78, 5) is 12.4. The Labute approximate surface area is 110 Å². The van der Waals surface area contributed by atoms with Gasteiger partial charge < -0.3 is 14.9 Å². The van der Waals surface area contributed by atoms with E-state index in [-0.39, 0.29) is 6.04 Å². The van der Waals surface area contributed by atoms with Crippen LogP contribution in [0.2, 0.25) is 0 Å². The van der Waals surface area contributed by atoms with E-state index < -0.39 is 0 Å². The maximum Gasteiger partial charge on any atom is 0.133 e. The zero-order valence-corrected chi connectivity index (χ0v) is 10.7. The first kappa shape index (κ1) is 10.8. The van der Waals surface area contributed by atoms with Crippen LogP contribution in [0.1, 0.15) is 23.3 Å². The Morgan fingerprint density at radius 1 is 1.32 bits per heavy atom. The van der Waals surface area contributed by atoms with Crippen molar-refractivity contribution in [2.24, 2.45) is 7.05 Å². The van der Waals surface area contributed by atoms with E-state index in [1.807, 2.05) is 18.2 Å². The van der Waals surface area contributed by atoms with Crippen molar-refractivity contribution < 1.29 is 0 Å². The Kier molecular flexibility index (Phi) is 2.22. The summed E-state index contributed by atoms with van der Waals surface area (Å²) >= 11 is 0. The molecule has 4 rings (SSSR count). The molecule has 0 aliphatic carbocycles. The van der Waals surface area contributed by atoms with Gasteiger partial charge in [-0.3, -0.25) is 0 Å². The normalized spacial score (nSPS) is 18.7. The molecular formula is C14H15N5. The summed E-state index contributed by atoms with van der Waals surface area (Å²) < 4.78 is 2.15. The van der Waals surface area contributed by atoms with Crippen molar-refractivity contribution >= 4 is 11.0 Å². The summed E-state index contributed by atoms with van der Waals surface area (Å²) in [6.45, 7) is 0.947. The minimum Gasteiger partial charge on any atom is -0.348 e. The molecule has 0 fully saturated rings. The molecule has 1 aliphatic heterocycles. The molecule has 1 aromatic carbocycles. The van der Waals surface area contributed by atoms with E-state index in [9.17, 15) is 0 Å². The van der Waals surface area contributed by atoms with Gasteiger partial charge in [-0.15, -0.1) is 0 Å². The largest absolute Gasteiger partial charge is 0.348 e. The van der Waals surface area contributed by atoms with Crippen molar-refractivity contribution in [3.05, 3.63) is 47.8 Å². The van der Waals surface area contributed by atoms with E-state index in [4.69, 9.17) is 4.98 Å². The Morgan fingerprint density at radius 3 is 3.11 bits per heavy atom. The number of nitrogens with zero attached hydrogens (tertiary/aromatic N) is 3. The van der Waals surface area contributed by atoms with E-state index in [0.717, 1.165) is 35.5 Å². The molecule has 0 saturated carbocycles. The van der Waals surface area contributed by atoms with Crippen molar-refractivity contribution in [2.75, 3.05) is 6.54 Å². The van der Waals surface area contributed by atoms with Crippen LogP contribution in [0, 0.1) is 0 Å². The quantitative estimate of drug-likeness (QED) is 0.691. The van der Waals surface area contributed by atoms with E-state index in [0.29, 0.717) is 0 Å². The molecule has 0 amide bonds. The number of aromatic amines is 1. The number of hydrogen-bond acceptors (Lipinski definition) is 3. The first-order valence-corrected chi connectivity index (χ1v) is 6.51. The highest BCUT2D eigenvalue weighted by molar-refractivity contribution is 5.76. The molecule has 5 heteroatoms. The van der Waals surface area contributed by atoms with Crippen molar-refractivity contribution in [2.45, 2.75) is 12.5 Å². The van der Waals surface area contributed by atoms with Gasteiger partial charge in [-0.2, -0.15) is 0 Å². The Hall–Kier alpha value is -2.14. The smallest absolute Gasteiger partial charge is 0.133 e. The van der Waals surface area contributed by atoms with Gasteiger partial charge in [0.1, 0.15) is 11.9 Å². The molecular weight excluding hydrogens is 238 g/mol. The first-order valence-electron chi connectivity index (χ1n) is 6.51. The van der Waals surface area contributed by atoms with Gasteiger partial charge in [-0.1, -0.05) is 12.1 Å². The van der Waals surface area contributed by atoms with Crippen LogP contribution in [0.15, 0.2) is 30.6 Å². The number of imidazole rings is 2. The summed E-state index contributed by atoms with van der Waals surface area (Å²) in [6.07, 6.45) is 2.77.